The molecule has 136 valence electrons. The minimum absolute atomic E-state index is 0.165. The van der Waals surface area contributed by atoms with Crippen LogP contribution in [0.25, 0.3) is 0 Å². The van der Waals surface area contributed by atoms with E-state index in [1.165, 1.54) is 0 Å². The third-order valence-electron chi connectivity index (χ3n) is 4.43. The van der Waals surface area contributed by atoms with E-state index in [4.69, 9.17) is 4.74 Å². The van der Waals surface area contributed by atoms with Crippen molar-refractivity contribution < 1.29 is 13.2 Å². The fourth-order valence-corrected chi connectivity index (χ4v) is 4.51. The Hall–Kier alpha value is -1.85. The van der Waals surface area contributed by atoms with E-state index in [0.29, 0.717) is 10.5 Å². The van der Waals surface area contributed by atoms with Crippen LogP contribution in [0.15, 0.2) is 41.3 Å². The second-order valence-electron chi connectivity index (χ2n) is 6.71. The van der Waals surface area contributed by atoms with Crippen molar-refractivity contribution in [2.24, 2.45) is 0 Å². The Kier molecular flexibility index (Phi) is 5.91. The molecule has 1 N–H and O–H groups in total. The number of aryl methyl sites for hydroxylation is 2. The highest BCUT2D eigenvalue weighted by molar-refractivity contribution is 7.89. The van der Waals surface area contributed by atoms with Gasteiger partial charge in [-0.25, -0.2) is 13.1 Å². The predicted molar refractivity (Wildman–Crippen MR) is 102 cm³/mol. The lowest BCUT2D eigenvalue weighted by Gasteiger charge is -2.20. The Labute approximate surface area is 151 Å². The fourth-order valence-electron chi connectivity index (χ4n) is 3.03. The zero-order valence-electron chi connectivity index (χ0n) is 15.8. The number of nitrogens with one attached hydrogen (secondary N) is 1. The highest BCUT2D eigenvalue weighted by Gasteiger charge is 2.23. The molecule has 2 rings (SSSR count). The molecule has 0 amide bonds. The van der Waals surface area contributed by atoms with Gasteiger partial charge in [0.05, 0.1) is 12.0 Å². The predicted octanol–water partition coefficient (Wildman–Crippen LogP) is 4.47. The van der Waals surface area contributed by atoms with E-state index in [1.807, 2.05) is 52.0 Å². The maximum atomic E-state index is 13.0. The number of ether oxygens (including phenoxy) is 1. The average Bonchev–Trinajstić information content (AvgIpc) is 2.53. The number of sulfonamides is 1. The molecule has 4 nitrogen and oxygen atoms in total. The zero-order valence-corrected chi connectivity index (χ0v) is 16.6. The van der Waals surface area contributed by atoms with Crippen LogP contribution >= 0.6 is 0 Å². The summed E-state index contributed by atoms with van der Waals surface area (Å²) < 4.78 is 34.2. The first-order valence-corrected chi connectivity index (χ1v) is 9.92. The van der Waals surface area contributed by atoms with E-state index in [-0.39, 0.29) is 12.0 Å². The molecule has 2 aromatic carbocycles. The van der Waals surface area contributed by atoms with Gasteiger partial charge in [0.15, 0.2) is 0 Å². The Morgan fingerprint density at radius 1 is 0.960 bits per heavy atom. The highest BCUT2D eigenvalue weighted by atomic mass is 32.2. The van der Waals surface area contributed by atoms with Crippen molar-refractivity contribution in [1.82, 2.24) is 4.72 Å². The summed E-state index contributed by atoms with van der Waals surface area (Å²) in [6, 6.07) is 11.0. The van der Waals surface area contributed by atoms with Crippen molar-refractivity contribution in [3.63, 3.8) is 0 Å². The standard InChI is InChI=1S/C20H27NO3S/c1-13(2)18-12-20(15(4)11-19(18)24-6)25(22,23)21-16(5)17-10-8-7-9-14(17)3/h7-13,16,21H,1-6H3. The van der Waals surface area contributed by atoms with Gasteiger partial charge in [-0.05, 0) is 61.1 Å². The topological polar surface area (TPSA) is 55.4 Å². The molecule has 5 heteroatoms. The SMILES string of the molecule is COc1cc(C)c(S(=O)(=O)NC(C)c2ccccc2C)cc1C(C)C. The molecule has 2 aromatic rings. The molecular weight excluding hydrogens is 334 g/mol. The van der Waals surface area contributed by atoms with Crippen LogP contribution in [0.5, 0.6) is 5.75 Å². The van der Waals surface area contributed by atoms with E-state index < -0.39 is 10.0 Å². The molecule has 0 bridgehead atoms. The van der Waals surface area contributed by atoms with Gasteiger partial charge >= 0.3 is 0 Å². The van der Waals surface area contributed by atoms with Gasteiger partial charge in [0.1, 0.15) is 5.75 Å². The lowest BCUT2D eigenvalue weighted by Crippen LogP contribution is -2.28. The van der Waals surface area contributed by atoms with Gasteiger partial charge in [-0.1, -0.05) is 38.1 Å². The van der Waals surface area contributed by atoms with Crippen molar-refractivity contribution in [2.75, 3.05) is 7.11 Å². The van der Waals surface area contributed by atoms with Crippen LogP contribution in [0.2, 0.25) is 0 Å². The molecule has 0 spiro atoms. The van der Waals surface area contributed by atoms with E-state index in [2.05, 4.69) is 4.72 Å². The second kappa shape index (κ2) is 7.58. The van der Waals surface area contributed by atoms with Crippen molar-refractivity contribution >= 4 is 10.0 Å². The van der Waals surface area contributed by atoms with Crippen LogP contribution in [-0.2, 0) is 10.0 Å². The normalized spacial score (nSPS) is 13.1. The molecule has 25 heavy (non-hydrogen) atoms. The summed E-state index contributed by atoms with van der Waals surface area (Å²) in [6.45, 7) is 9.68. The lowest BCUT2D eigenvalue weighted by molar-refractivity contribution is 0.406. The Morgan fingerprint density at radius 3 is 2.16 bits per heavy atom. The third kappa shape index (κ3) is 4.22. The number of benzene rings is 2. The molecular formula is C20H27NO3S. The van der Waals surface area contributed by atoms with Gasteiger partial charge in [-0.2, -0.15) is 0 Å². The van der Waals surface area contributed by atoms with E-state index in [0.717, 1.165) is 22.4 Å². The van der Waals surface area contributed by atoms with Gasteiger partial charge in [-0.15, -0.1) is 0 Å². The molecule has 0 radical (unpaired) electrons. The van der Waals surface area contributed by atoms with Gasteiger partial charge in [0.25, 0.3) is 0 Å². The molecule has 1 atom stereocenters. The zero-order chi connectivity index (χ0) is 18.8. The quantitative estimate of drug-likeness (QED) is 0.825. The fraction of sp³-hybridized carbons (Fsp3) is 0.400. The summed E-state index contributed by atoms with van der Waals surface area (Å²) >= 11 is 0. The van der Waals surface area contributed by atoms with Gasteiger partial charge in [0.2, 0.25) is 10.0 Å². The maximum absolute atomic E-state index is 13.0. The second-order valence-corrected chi connectivity index (χ2v) is 8.40. The first kappa shape index (κ1) is 19.5. The molecule has 0 heterocycles. The number of hydrogen-bond acceptors (Lipinski definition) is 3. The first-order valence-electron chi connectivity index (χ1n) is 8.43. The molecule has 0 aliphatic heterocycles. The summed E-state index contributed by atoms with van der Waals surface area (Å²) in [5.41, 5.74) is 3.59. The molecule has 0 saturated heterocycles. The largest absolute Gasteiger partial charge is 0.496 e. The van der Waals surface area contributed by atoms with Gasteiger partial charge < -0.3 is 4.74 Å². The molecule has 0 aliphatic carbocycles. The summed E-state index contributed by atoms with van der Waals surface area (Å²) in [4.78, 5) is 0.303. The summed E-state index contributed by atoms with van der Waals surface area (Å²) in [7, 11) is -2.04. The van der Waals surface area contributed by atoms with Crippen molar-refractivity contribution in [3.05, 3.63) is 58.7 Å². The Balaban J connectivity index is 2.43. The van der Waals surface area contributed by atoms with Gasteiger partial charge in [0, 0.05) is 6.04 Å². The van der Waals surface area contributed by atoms with Crippen LogP contribution in [0, 0.1) is 13.8 Å². The van der Waals surface area contributed by atoms with Crippen LogP contribution in [-0.4, -0.2) is 15.5 Å². The number of methoxy groups -OCH3 is 1. The highest BCUT2D eigenvalue weighted by Crippen LogP contribution is 2.32. The number of rotatable bonds is 6. The third-order valence-corrected chi connectivity index (χ3v) is 6.11. The molecule has 0 saturated carbocycles. The maximum Gasteiger partial charge on any atom is 0.241 e. The molecule has 0 aromatic heterocycles. The lowest BCUT2D eigenvalue weighted by atomic mass is 10.0. The minimum atomic E-state index is -3.64. The Morgan fingerprint density at radius 2 is 1.60 bits per heavy atom. The van der Waals surface area contributed by atoms with Crippen molar-refractivity contribution in [1.29, 1.82) is 0 Å². The van der Waals surface area contributed by atoms with Crippen LogP contribution in [0.4, 0.5) is 0 Å². The smallest absolute Gasteiger partial charge is 0.241 e. The minimum Gasteiger partial charge on any atom is -0.496 e. The number of hydrogen-bond donors (Lipinski definition) is 1. The van der Waals surface area contributed by atoms with E-state index in [1.54, 1.807) is 26.2 Å². The van der Waals surface area contributed by atoms with E-state index in [9.17, 15) is 8.42 Å². The molecule has 0 aliphatic rings. The van der Waals surface area contributed by atoms with Crippen LogP contribution in [0.1, 0.15) is 55.0 Å². The monoisotopic (exact) mass is 361 g/mol. The summed E-state index contributed by atoms with van der Waals surface area (Å²) in [5.74, 6) is 0.886. The molecule has 0 fully saturated rings. The summed E-state index contributed by atoms with van der Waals surface area (Å²) in [5, 5.41) is 0. The van der Waals surface area contributed by atoms with E-state index >= 15 is 0 Å². The van der Waals surface area contributed by atoms with Gasteiger partial charge in [-0.3, -0.25) is 0 Å². The van der Waals surface area contributed by atoms with Crippen molar-refractivity contribution in [2.45, 2.75) is 51.5 Å². The molecule has 1 unspecified atom stereocenters. The summed E-state index contributed by atoms with van der Waals surface area (Å²) in [6.07, 6.45) is 0. The van der Waals surface area contributed by atoms with Crippen LogP contribution in [0.3, 0.4) is 0 Å². The first-order chi connectivity index (χ1) is 11.7. The van der Waals surface area contributed by atoms with Crippen molar-refractivity contribution in [3.8, 4) is 5.75 Å². The average molecular weight is 362 g/mol. The Bertz CT molecular complexity index is 857. The van der Waals surface area contributed by atoms with Crippen LogP contribution < -0.4 is 9.46 Å².